The standard InChI is InChI=1S/C21H19IN2O6/c1-3-7-30-18-16(22)10-13(11-17(18)28-4-2)9-15-19(25)23-21(27)24(20(15)26)12-14-6-5-8-29-14/h3,5-6,8-11H,1,4,7,12H2,2H3,(H,23,25,27)/b15-9+. The van der Waals surface area contributed by atoms with Crippen LogP contribution in [0.1, 0.15) is 18.2 Å². The molecule has 0 bridgehead atoms. The van der Waals surface area contributed by atoms with E-state index in [0.717, 1.165) is 8.47 Å². The van der Waals surface area contributed by atoms with Crippen LogP contribution in [-0.4, -0.2) is 36.0 Å². The Morgan fingerprint density at radius 3 is 2.73 bits per heavy atom. The molecule has 0 aliphatic carbocycles. The van der Waals surface area contributed by atoms with E-state index in [2.05, 4.69) is 34.5 Å². The summed E-state index contributed by atoms with van der Waals surface area (Å²) in [4.78, 5) is 38.2. The van der Waals surface area contributed by atoms with Gasteiger partial charge in [0.2, 0.25) is 0 Å². The van der Waals surface area contributed by atoms with Gasteiger partial charge in [0, 0.05) is 0 Å². The summed E-state index contributed by atoms with van der Waals surface area (Å²) in [5.74, 6) is -0.0244. The molecule has 9 heteroatoms. The first-order chi connectivity index (χ1) is 14.4. The Morgan fingerprint density at radius 1 is 1.27 bits per heavy atom. The molecule has 1 fully saturated rings. The van der Waals surface area contributed by atoms with Gasteiger partial charge in [-0.3, -0.25) is 19.8 Å². The van der Waals surface area contributed by atoms with E-state index in [1.807, 2.05) is 6.92 Å². The highest BCUT2D eigenvalue weighted by molar-refractivity contribution is 14.1. The Hall–Kier alpha value is -3.08. The van der Waals surface area contributed by atoms with Gasteiger partial charge in [-0.15, -0.1) is 0 Å². The number of hydrogen-bond donors (Lipinski definition) is 1. The molecule has 1 saturated heterocycles. The molecule has 2 aromatic rings. The second kappa shape index (κ2) is 9.61. The molecule has 1 aromatic heterocycles. The molecule has 4 amide bonds. The lowest BCUT2D eigenvalue weighted by Crippen LogP contribution is -2.53. The third-order valence-corrected chi connectivity index (χ3v) is 4.87. The Labute approximate surface area is 186 Å². The van der Waals surface area contributed by atoms with Crippen molar-refractivity contribution in [1.82, 2.24) is 10.2 Å². The van der Waals surface area contributed by atoms with Gasteiger partial charge in [0.25, 0.3) is 11.8 Å². The fourth-order valence-electron chi connectivity index (χ4n) is 2.78. The molecule has 3 rings (SSSR count). The highest BCUT2D eigenvalue weighted by atomic mass is 127. The number of carbonyl (C=O) groups is 3. The molecule has 0 radical (unpaired) electrons. The number of carbonyl (C=O) groups excluding carboxylic acids is 3. The number of hydrogen-bond acceptors (Lipinski definition) is 6. The number of halogens is 1. The normalized spacial score (nSPS) is 15.3. The largest absolute Gasteiger partial charge is 0.490 e. The van der Waals surface area contributed by atoms with Crippen molar-refractivity contribution in [3.8, 4) is 11.5 Å². The topological polar surface area (TPSA) is 98.1 Å². The van der Waals surface area contributed by atoms with Gasteiger partial charge in [0.15, 0.2) is 11.5 Å². The number of benzene rings is 1. The summed E-state index contributed by atoms with van der Waals surface area (Å²) < 4.78 is 17.3. The van der Waals surface area contributed by atoms with Gasteiger partial charge in [0.1, 0.15) is 17.9 Å². The third-order valence-electron chi connectivity index (χ3n) is 4.07. The molecule has 1 N–H and O–H groups in total. The van der Waals surface area contributed by atoms with Gasteiger partial charge in [-0.05, 0) is 65.4 Å². The number of barbiturate groups is 1. The van der Waals surface area contributed by atoms with Crippen LogP contribution in [0.3, 0.4) is 0 Å². The molecule has 0 spiro atoms. The smallest absolute Gasteiger partial charge is 0.331 e. The monoisotopic (exact) mass is 522 g/mol. The zero-order chi connectivity index (χ0) is 21.7. The van der Waals surface area contributed by atoms with Crippen LogP contribution in [0.4, 0.5) is 4.79 Å². The van der Waals surface area contributed by atoms with Crippen molar-refractivity contribution >= 4 is 46.5 Å². The first-order valence-electron chi connectivity index (χ1n) is 9.05. The van der Waals surface area contributed by atoms with Crippen molar-refractivity contribution in [1.29, 1.82) is 0 Å². The first kappa shape index (κ1) is 21.6. The van der Waals surface area contributed by atoms with Crippen molar-refractivity contribution in [2.45, 2.75) is 13.5 Å². The van der Waals surface area contributed by atoms with Crippen LogP contribution in [0.15, 0.2) is 53.2 Å². The molecule has 30 heavy (non-hydrogen) atoms. The van der Waals surface area contributed by atoms with Crippen molar-refractivity contribution in [3.63, 3.8) is 0 Å². The molecule has 1 aliphatic rings. The summed E-state index contributed by atoms with van der Waals surface area (Å²) >= 11 is 2.09. The Balaban J connectivity index is 1.95. The number of rotatable bonds is 8. The van der Waals surface area contributed by atoms with Crippen LogP contribution in [0.5, 0.6) is 11.5 Å². The van der Waals surface area contributed by atoms with E-state index in [1.54, 1.807) is 30.3 Å². The Kier molecular flexibility index (Phi) is 6.93. The number of ether oxygens (including phenoxy) is 2. The average molecular weight is 522 g/mol. The minimum atomic E-state index is -0.795. The van der Waals surface area contributed by atoms with Gasteiger partial charge in [-0.25, -0.2) is 4.79 Å². The molecule has 156 valence electrons. The maximum atomic E-state index is 12.8. The maximum absolute atomic E-state index is 12.8. The number of furan rings is 1. The number of nitrogens with zero attached hydrogens (tertiary/aromatic N) is 1. The molecule has 2 heterocycles. The zero-order valence-electron chi connectivity index (χ0n) is 16.1. The molecular weight excluding hydrogens is 503 g/mol. The minimum absolute atomic E-state index is 0.0850. The fourth-order valence-corrected chi connectivity index (χ4v) is 3.56. The summed E-state index contributed by atoms with van der Waals surface area (Å²) in [5.41, 5.74) is 0.388. The lowest BCUT2D eigenvalue weighted by Gasteiger charge is -2.25. The summed E-state index contributed by atoms with van der Waals surface area (Å²) in [6, 6.07) is 5.92. The molecule has 8 nitrogen and oxygen atoms in total. The summed E-state index contributed by atoms with van der Waals surface area (Å²) in [6.45, 7) is 6.10. The van der Waals surface area contributed by atoms with Crippen molar-refractivity contribution in [2.75, 3.05) is 13.2 Å². The number of urea groups is 1. The average Bonchev–Trinajstić information content (AvgIpc) is 3.21. The second-order valence-corrected chi connectivity index (χ2v) is 7.31. The van der Waals surface area contributed by atoms with Crippen LogP contribution < -0.4 is 14.8 Å². The van der Waals surface area contributed by atoms with Gasteiger partial charge in [-0.1, -0.05) is 12.7 Å². The molecule has 1 aromatic carbocycles. The van der Waals surface area contributed by atoms with Gasteiger partial charge in [-0.2, -0.15) is 0 Å². The summed E-state index contributed by atoms with van der Waals surface area (Å²) in [5, 5.41) is 2.18. The quantitative estimate of drug-likeness (QED) is 0.247. The van der Waals surface area contributed by atoms with E-state index in [-0.39, 0.29) is 12.1 Å². The van der Waals surface area contributed by atoms with E-state index in [9.17, 15) is 14.4 Å². The zero-order valence-corrected chi connectivity index (χ0v) is 18.3. The Morgan fingerprint density at radius 2 is 2.07 bits per heavy atom. The van der Waals surface area contributed by atoms with E-state index in [1.165, 1.54) is 12.3 Å². The molecular formula is C21H19IN2O6. The van der Waals surface area contributed by atoms with Crippen LogP contribution in [0.2, 0.25) is 0 Å². The minimum Gasteiger partial charge on any atom is -0.490 e. The van der Waals surface area contributed by atoms with Crippen molar-refractivity contribution in [3.05, 3.63) is 63.7 Å². The van der Waals surface area contributed by atoms with E-state index in [4.69, 9.17) is 13.9 Å². The molecule has 0 saturated carbocycles. The van der Waals surface area contributed by atoms with Crippen LogP contribution in [0.25, 0.3) is 6.08 Å². The summed E-state index contributed by atoms with van der Waals surface area (Å²) in [7, 11) is 0. The SMILES string of the molecule is C=CCOc1c(I)cc(/C=C2\C(=O)NC(=O)N(Cc3ccco3)C2=O)cc1OCC. The lowest BCUT2D eigenvalue weighted by atomic mass is 10.1. The predicted molar refractivity (Wildman–Crippen MR) is 117 cm³/mol. The summed E-state index contributed by atoms with van der Waals surface area (Å²) in [6.07, 6.45) is 4.48. The lowest BCUT2D eigenvalue weighted by molar-refractivity contribution is -0.130. The highest BCUT2D eigenvalue weighted by Gasteiger charge is 2.36. The van der Waals surface area contributed by atoms with Crippen LogP contribution in [-0.2, 0) is 16.1 Å². The molecule has 0 unspecified atom stereocenters. The Bertz CT molecular complexity index is 1010. The molecule has 0 atom stereocenters. The fraction of sp³-hybridized carbons (Fsp3) is 0.190. The van der Waals surface area contributed by atoms with E-state index in [0.29, 0.717) is 36.0 Å². The maximum Gasteiger partial charge on any atom is 0.331 e. The van der Waals surface area contributed by atoms with Crippen LogP contribution in [0, 0.1) is 3.57 Å². The predicted octanol–water partition coefficient (Wildman–Crippen LogP) is 3.51. The third kappa shape index (κ3) is 4.73. The van der Waals surface area contributed by atoms with Gasteiger partial charge >= 0.3 is 6.03 Å². The van der Waals surface area contributed by atoms with Crippen molar-refractivity contribution in [2.24, 2.45) is 0 Å². The second-order valence-electron chi connectivity index (χ2n) is 6.15. The van der Waals surface area contributed by atoms with Gasteiger partial charge < -0.3 is 13.9 Å². The van der Waals surface area contributed by atoms with E-state index < -0.39 is 17.8 Å². The highest BCUT2D eigenvalue weighted by Crippen LogP contribution is 2.35. The van der Waals surface area contributed by atoms with Gasteiger partial charge in [0.05, 0.1) is 23.0 Å². The van der Waals surface area contributed by atoms with E-state index >= 15 is 0 Å². The van der Waals surface area contributed by atoms with Crippen molar-refractivity contribution < 1.29 is 28.3 Å². The number of nitrogens with one attached hydrogen (secondary N) is 1. The number of amides is 4. The first-order valence-corrected chi connectivity index (χ1v) is 10.1. The molecule has 1 aliphatic heterocycles. The van der Waals surface area contributed by atoms with Crippen LogP contribution >= 0.6 is 22.6 Å². The number of imide groups is 2.